The second-order valence-corrected chi connectivity index (χ2v) is 6.10. The van der Waals surface area contributed by atoms with Gasteiger partial charge in [0.15, 0.2) is 0 Å². The number of nitrogens with two attached hydrogens (primary N) is 1. The van der Waals surface area contributed by atoms with Crippen LogP contribution < -0.4 is 5.73 Å². The first-order valence-corrected chi connectivity index (χ1v) is 7.60. The van der Waals surface area contributed by atoms with E-state index in [1.54, 1.807) is 4.90 Å². The molecule has 0 radical (unpaired) electrons. The molecule has 1 amide bonds. The van der Waals surface area contributed by atoms with Gasteiger partial charge in [-0.3, -0.25) is 9.00 Å². The molecular formula is C13H17FN2O2S. The summed E-state index contributed by atoms with van der Waals surface area (Å²) in [5.41, 5.74) is 5.72. The van der Waals surface area contributed by atoms with Crippen LogP contribution in [0.15, 0.2) is 23.1 Å². The van der Waals surface area contributed by atoms with Crippen LogP contribution in [0.25, 0.3) is 0 Å². The Morgan fingerprint density at radius 2 is 1.95 bits per heavy atom. The first kappa shape index (κ1) is 14.0. The summed E-state index contributed by atoms with van der Waals surface area (Å²) >= 11 is 0. The summed E-state index contributed by atoms with van der Waals surface area (Å²) in [6.45, 7) is 1.45. The van der Waals surface area contributed by atoms with Crippen molar-refractivity contribution in [2.24, 2.45) is 0 Å². The molecule has 1 unspecified atom stereocenters. The maximum atomic E-state index is 13.2. The first-order chi connectivity index (χ1) is 9.06. The van der Waals surface area contributed by atoms with Crippen molar-refractivity contribution in [1.29, 1.82) is 0 Å². The zero-order valence-corrected chi connectivity index (χ0v) is 11.4. The van der Waals surface area contributed by atoms with Gasteiger partial charge in [0.05, 0.1) is 10.8 Å². The molecule has 6 heteroatoms. The van der Waals surface area contributed by atoms with Gasteiger partial charge in [-0.1, -0.05) is 0 Å². The van der Waals surface area contributed by atoms with Crippen molar-refractivity contribution in [2.45, 2.75) is 24.2 Å². The smallest absolute Gasteiger partial charge is 0.235 e. The van der Waals surface area contributed by atoms with Crippen LogP contribution in [0.1, 0.15) is 19.3 Å². The number of nitrogen functional groups attached to an aromatic ring is 1. The van der Waals surface area contributed by atoms with E-state index in [4.69, 9.17) is 5.73 Å². The van der Waals surface area contributed by atoms with Gasteiger partial charge < -0.3 is 10.6 Å². The van der Waals surface area contributed by atoms with E-state index in [0.717, 1.165) is 44.5 Å². The minimum atomic E-state index is -1.55. The molecule has 104 valence electrons. The number of amides is 1. The summed E-state index contributed by atoms with van der Waals surface area (Å²) in [5.74, 6) is -0.780. The number of likely N-dealkylation sites (tertiary alicyclic amines) is 1. The summed E-state index contributed by atoms with van der Waals surface area (Å²) in [7, 11) is -1.55. The zero-order valence-electron chi connectivity index (χ0n) is 10.6. The molecule has 0 aliphatic carbocycles. The normalized spacial score (nSPS) is 17.2. The molecule has 1 aliphatic heterocycles. The predicted octanol–water partition coefficient (Wildman–Crippen LogP) is 1.53. The van der Waals surface area contributed by atoms with Crippen molar-refractivity contribution >= 4 is 22.4 Å². The number of carbonyl (C=O) groups excluding carboxylic acids is 1. The van der Waals surface area contributed by atoms with E-state index in [-0.39, 0.29) is 22.2 Å². The standard InChI is InChI=1S/C13H17FN2O2S/c14-10-6-11(15)8-12(7-10)19(18)9-13(17)16-4-2-1-3-5-16/h6-8H,1-5,9,15H2. The molecular weight excluding hydrogens is 267 g/mol. The van der Waals surface area contributed by atoms with E-state index in [1.165, 1.54) is 6.07 Å². The number of hydrogen-bond acceptors (Lipinski definition) is 3. The fourth-order valence-electron chi connectivity index (χ4n) is 2.15. The molecule has 0 bridgehead atoms. The maximum absolute atomic E-state index is 13.2. The molecule has 1 aromatic carbocycles. The minimum Gasteiger partial charge on any atom is -0.399 e. The molecule has 0 saturated carbocycles. The van der Waals surface area contributed by atoms with Gasteiger partial charge in [0.1, 0.15) is 11.6 Å². The lowest BCUT2D eigenvalue weighted by molar-refractivity contribution is -0.129. The summed E-state index contributed by atoms with van der Waals surface area (Å²) in [6.07, 6.45) is 3.11. The van der Waals surface area contributed by atoms with E-state index in [2.05, 4.69) is 0 Å². The number of hydrogen-bond donors (Lipinski definition) is 1. The average Bonchev–Trinajstić information content (AvgIpc) is 2.38. The summed E-state index contributed by atoms with van der Waals surface area (Å²) in [4.78, 5) is 14.0. The molecule has 1 heterocycles. The minimum absolute atomic E-state index is 0.108. The lowest BCUT2D eigenvalue weighted by atomic mass is 10.1. The topological polar surface area (TPSA) is 63.4 Å². The third-order valence-electron chi connectivity index (χ3n) is 3.12. The number of halogens is 1. The van der Waals surface area contributed by atoms with Crippen molar-refractivity contribution in [3.8, 4) is 0 Å². The highest BCUT2D eigenvalue weighted by molar-refractivity contribution is 7.85. The Balaban J connectivity index is 2.01. The Labute approximate surface area is 114 Å². The number of piperidine rings is 1. The fraction of sp³-hybridized carbons (Fsp3) is 0.462. The van der Waals surface area contributed by atoms with Crippen molar-refractivity contribution < 1.29 is 13.4 Å². The van der Waals surface area contributed by atoms with Gasteiger partial charge in [0.2, 0.25) is 5.91 Å². The number of anilines is 1. The van der Waals surface area contributed by atoms with Crippen LogP contribution in [-0.4, -0.2) is 33.9 Å². The predicted molar refractivity (Wildman–Crippen MR) is 72.5 cm³/mol. The molecule has 1 fully saturated rings. The van der Waals surface area contributed by atoms with Gasteiger partial charge in [-0.2, -0.15) is 0 Å². The Bertz CT molecular complexity index is 481. The Hall–Kier alpha value is -1.43. The molecule has 0 aromatic heterocycles. The highest BCUT2D eigenvalue weighted by atomic mass is 32.2. The summed E-state index contributed by atoms with van der Waals surface area (Å²) in [6, 6.07) is 3.77. The van der Waals surface area contributed by atoms with E-state index < -0.39 is 16.6 Å². The molecule has 1 aromatic rings. The largest absolute Gasteiger partial charge is 0.399 e. The number of benzene rings is 1. The highest BCUT2D eigenvalue weighted by Gasteiger charge is 2.19. The zero-order chi connectivity index (χ0) is 13.8. The van der Waals surface area contributed by atoms with Crippen LogP contribution in [0.3, 0.4) is 0 Å². The maximum Gasteiger partial charge on any atom is 0.235 e. The lowest BCUT2D eigenvalue weighted by Crippen LogP contribution is -2.38. The van der Waals surface area contributed by atoms with Gasteiger partial charge in [0.25, 0.3) is 0 Å². The molecule has 4 nitrogen and oxygen atoms in total. The third kappa shape index (κ3) is 3.76. The van der Waals surface area contributed by atoms with Crippen LogP contribution in [-0.2, 0) is 15.6 Å². The van der Waals surface area contributed by atoms with Gasteiger partial charge in [-0.05, 0) is 37.5 Å². The molecule has 2 N–H and O–H groups in total. The second-order valence-electron chi connectivity index (χ2n) is 4.65. The molecule has 19 heavy (non-hydrogen) atoms. The van der Waals surface area contributed by atoms with Crippen LogP contribution in [0.2, 0.25) is 0 Å². The molecule has 1 atom stereocenters. The Kier molecular flexibility index (Phi) is 4.52. The van der Waals surface area contributed by atoms with Crippen LogP contribution in [0.4, 0.5) is 10.1 Å². The Morgan fingerprint density at radius 1 is 1.26 bits per heavy atom. The third-order valence-corrected chi connectivity index (χ3v) is 4.39. The Morgan fingerprint density at radius 3 is 2.58 bits per heavy atom. The SMILES string of the molecule is Nc1cc(F)cc(S(=O)CC(=O)N2CCCCC2)c1. The van der Waals surface area contributed by atoms with E-state index >= 15 is 0 Å². The van der Waals surface area contributed by atoms with Crippen LogP contribution >= 0.6 is 0 Å². The van der Waals surface area contributed by atoms with E-state index in [1.807, 2.05) is 0 Å². The lowest BCUT2D eigenvalue weighted by Gasteiger charge is -2.26. The number of carbonyl (C=O) groups is 1. The quantitative estimate of drug-likeness (QED) is 0.856. The van der Waals surface area contributed by atoms with Crippen molar-refractivity contribution in [3.63, 3.8) is 0 Å². The summed E-state index contributed by atoms with van der Waals surface area (Å²) < 4.78 is 25.2. The molecule has 2 rings (SSSR count). The number of nitrogens with zero attached hydrogens (tertiary/aromatic N) is 1. The second kappa shape index (κ2) is 6.14. The van der Waals surface area contributed by atoms with E-state index in [0.29, 0.717) is 0 Å². The van der Waals surface area contributed by atoms with Crippen molar-refractivity contribution in [2.75, 3.05) is 24.6 Å². The number of rotatable bonds is 3. The van der Waals surface area contributed by atoms with Crippen molar-refractivity contribution in [3.05, 3.63) is 24.0 Å². The van der Waals surface area contributed by atoms with Gasteiger partial charge in [-0.15, -0.1) is 0 Å². The highest BCUT2D eigenvalue weighted by Crippen LogP contribution is 2.16. The van der Waals surface area contributed by atoms with Crippen molar-refractivity contribution in [1.82, 2.24) is 4.90 Å². The average molecular weight is 284 g/mol. The first-order valence-electron chi connectivity index (χ1n) is 6.28. The fourth-order valence-corrected chi connectivity index (χ4v) is 3.23. The molecule has 1 aliphatic rings. The van der Waals surface area contributed by atoms with Crippen LogP contribution in [0, 0.1) is 5.82 Å². The summed E-state index contributed by atoms with van der Waals surface area (Å²) in [5, 5.41) is 0. The monoisotopic (exact) mass is 284 g/mol. The van der Waals surface area contributed by atoms with Gasteiger partial charge in [0, 0.05) is 23.7 Å². The molecule has 0 spiro atoms. The van der Waals surface area contributed by atoms with Gasteiger partial charge >= 0.3 is 0 Å². The van der Waals surface area contributed by atoms with Gasteiger partial charge in [-0.25, -0.2) is 4.39 Å². The molecule has 1 saturated heterocycles. The van der Waals surface area contributed by atoms with Crippen LogP contribution in [0.5, 0.6) is 0 Å². The van der Waals surface area contributed by atoms with E-state index in [9.17, 15) is 13.4 Å².